The first-order chi connectivity index (χ1) is 18.4. The van der Waals surface area contributed by atoms with Gasteiger partial charge in [0, 0.05) is 37.2 Å². The van der Waals surface area contributed by atoms with E-state index in [1.807, 2.05) is 77.7 Å². The van der Waals surface area contributed by atoms with Gasteiger partial charge in [-0.05, 0) is 80.5 Å². The minimum absolute atomic E-state index is 0. The van der Waals surface area contributed by atoms with Crippen LogP contribution < -0.4 is 0 Å². The normalized spacial score (nSPS) is 21.3. The van der Waals surface area contributed by atoms with Crippen LogP contribution in [0.3, 0.4) is 0 Å². The third kappa shape index (κ3) is 6.81. The summed E-state index contributed by atoms with van der Waals surface area (Å²) in [5.41, 5.74) is 2.01. The highest BCUT2D eigenvalue weighted by atomic mass is 35.5. The molecule has 1 amide bonds. The average Bonchev–Trinajstić information content (AvgIpc) is 2.96. The number of piperidine rings is 2. The molecular weight excluding hydrogens is 551 g/mol. The van der Waals surface area contributed by atoms with Gasteiger partial charge >= 0.3 is 0 Å². The molecule has 4 nitrogen and oxygen atoms in total. The van der Waals surface area contributed by atoms with Gasteiger partial charge in [-0.2, -0.15) is 0 Å². The van der Waals surface area contributed by atoms with E-state index in [1.54, 1.807) is 0 Å². The van der Waals surface area contributed by atoms with Gasteiger partial charge in [0.1, 0.15) is 0 Å². The zero-order valence-corrected chi connectivity index (χ0v) is 24.5. The number of carbonyl (C=O) groups is 1. The lowest BCUT2D eigenvalue weighted by molar-refractivity contribution is -0.0265. The van der Waals surface area contributed by atoms with Gasteiger partial charge < -0.3 is 14.9 Å². The van der Waals surface area contributed by atoms with E-state index in [0.717, 1.165) is 81.4 Å². The van der Waals surface area contributed by atoms with Crippen molar-refractivity contribution in [3.8, 4) is 0 Å². The average molecular weight is 588 g/mol. The molecule has 0 spiro atoms. The lowest BCUT2D eigenvalue weighted by Crippen LogP contribution is -2.49. The van der Waals surface area contributed by atoms with Gasteiger partial charge in [-0.25, -0.2) is 0 Å². The van der Waals surface area contributed by atoms with Crippen LogP contribution in [0.4, 0.5) is 0 Å². The van der Waals surface area contributed by atoms with E-state index in [4.69, 9.17) is 23.2 Å². The number of hydrogen-bond acceptors (Lipinski definition) is 3. The van der Waals surface area contributed by atoms with Crippen LogP contribution in [0, 0.1) is 0 Å². The number of amides is 1. The van der Waals surface area contributed by atoms with Crippen molar-refractivity contribution in [2.45, 2.75) is 49.5 Å². The number of halogens is 3. The van der Waals surface area contributed by atoms with Gasteiger partial charge in [0.05, 0.1) is 15.6 Å². The molecule has 0 radical (unpaired) electrons. The molecule has 0 aromatic heterocycles. The zero-order valence-electron chi connectivity index (χ0n) is 22.2. The second kappa shape index (κ2) is 13.1. The van der Waals surface area contributed by atoms with Crippen LogP contribution in [-0.4, -0.2) is 53.5 Å². The van der Waals surface area contributed by atoms with Gasteiger partial charge in [-0.15, -0.1) is 12.4 Å². The Morgan fingerprint density at radius 2 is 1.49 bits per heavy atom. The topological polar surface area (TPSA) is 43.8 Å². The SMILES string of the molecule is Cl.O=C(c1ccccc1)N1CCCC(CCCN2CCC(O)(c3ccccc3)CC2)(c2ccc(Cl)c(Cl)c2)C1. The molecular formula is C32H37Cl3N2O2. The van der Waals surface area contributed by atoms with Crippen LogP contribution in [0.2, 0.25) is 10.0 Å². The highest BCUT2D eigenvalue weighted by molar-refractivity contribution is 6.42. The molecule has 1 N–H and O–H groups in total. The van der Waals surface area contributed by atoms with Crippen LogP contribution in [0.1, 0.15) is 60.0 Å². The van der Waals surface area contributed by atoms with Crippen molar-refractivity contribution >= 4 is 41.5 Å². The van der Waals surface area contributed by atoms with E-state index in [9.17, 15) is 9.90 Å². The summed E-state index contributed by atoms with van der Waals surface area (Å²) in [6.45, 7) is 4.17. The van der Waals surface area contributed by atoms with Crippen LogP contribution >= 0.6 is 35.6 Å². The fourth-order valence-electron chi connectivity index (χ4n) is 6.30. The molecule has 2 saturated heterocycles. The molecule has 2 heterocycles. The lowest BCUT2D eigenvalue weighted by atomic mass is 9.70. The molecule has 39 heavy (non-hydrogen) atoms. The highest BCUT2D eigenvalue weighted by Gasteiger charge is 2.39. The summed E-state index contributed by atoms with van der Waals surface area (Å²) in [5, 5.41) is 12.3. The first-order valence-electron chi connectivity index (χ1n) is 13.7. The van der Waals surface area contributed by atoms with Crippen LogP contribution in [0.5, 0.6) is 0 Å². The largest absolute Gasteiger partial charge is 0.385 e. The van der Waals surface area contributed by atoms with Crippen LogP contribution in [-0.2, 0) is 11.0 Å². The molecule has 2 fully saturated rings. The molecule has 2 aliphatic heterocycles. The number of carbonyl (C=O) groups excluding carboxylic acids is 1. The number of benzene rings is 3. The minimum Gasteiger partial charge on any atom is -0.385 e. The van der Waals surface area contributed by atoms with Crippen molar-refractivity contribution in [3.63, 3.8) is 0 Å². The second-order valence-corrected chi connectivity index (χ2v) is 11.8. The van der Waals surface area contributed by atoms with Gasteiger partial charge in [0.2, 0.25) is 0 Å². The Balaban J connectivity index is 0.00000353. The third-order valence-corrected chi connectivity index (χ3v) is 9.28. The van der Waals surface area contributed by atoms with Crippen molar-refractivity contribution in [1.82, 2.24) is 9.80 Å². The Labute approximate surface area is 248 Å². The summed E-state index contributed by atoms with van der Waals surface area (Å²) in [7, 11) is 0. The number of aliphatic hydroxyl groups is 1. The predicted molar refractivity (Wildman–Crippen MR) is 162 cm³/mol. The quantitative estimate of drug-likeness (QED) is 0.314. The number of nitrogens with zero attached hydrogens (tertiary/aromatic N) is 2. The Morgan fingerprint density at radius 3 is 2.15 bits per heavy atom. The van der Waals surface area contributed by atoms with E-state index >= 15 is 0 Å². The second-order valence-electron chi connectivity index (χ2n) is 10.9. The molecule has 1 unspecified atom stereocenters. The summed E-state index contributed by atoms with van der Waals surface area (Å²) in [4.78, 5) is 17.9. The van der Waals surface area contributed by atoms with Crippen molar-refractivity contribution in [1.29, 1.82) is 0 Å². The molecule has 3 aromatic carbocycles. The van der Waals surface area contributed by atoms with Gasteiger partial charge in [0.15, 0.2) is 0 Å². The van der Waals surface area contributed by atoms with Gasteiger partial charge in [-0.3, -0.25) is 4.79 Å². The van der Waals surface area contributed by atoms with Crippen LogP contribution in [0.15, 0.2) is 78.9 Å². The van der Waals surface area contributed by atoms with Crippen molar-refractivity contribution in [3.05, 3.63) is 106 Å². The van der Waals surface area contributed by atoms with E-state index in [-0.39, 0.29) is 23.7 Å². The Kier molecular flexibility index (Phi) is 10.0. The Hall–Kier alpha value is -2.08. The summed E-state index contributed by atoms with van der Waals surface area (Å²) in [6.07, 6.45) is 5.42. The molecule has 0 saturated carbocycles. The summed E-state index contributed by atoms with van der Waals surface area (Å²) >= 11 is 12.8. The smallest absolute Gasteiger partial charge is 0.253 e. The van der Waals surface area contributed by atoms with Crippen LogP contribution in [0.25, 0.3) is 0 Å². The Morgan fingerprint density at radius 1 is 0.821 bits per heavy atom. The molecule has 0 aliphatic carbocycles. The maximum Gasteiger partial charge on any atom is 0.253 e. The first-order valence-corrected chi connectivity index (χ1v) is 14.4. The highest BCUT2D eigenvalue weighted by Crippen LogP contribution is 2.41. The van der Waals surface area contributed by atoms with E-state index in [2.05, 4.69) is 11.0 Å². The van der Waals surface area contributed by atoms with Gasteiger partial charge in [0.25, 0.3) is 5.91 Å². The number of likely N-dealkylation sites (tertiary alicyclic amines) is 2. The van der Waals surface area contributed by atoms with E-state index in [0.29, 0.717) is 16.6 Å². The number of rotatable bonds is 7. The molecule has 0 bridgehead atoms. The summed E-state index contributed by atoms with van der Waals surface area (Å²) in [5.74, 6) is 0.0889. The Bertz CT molecular complexity index is 1230. The molecule has 208 valence electrons. The molecule has 7 heteroatoms. The standard InChI is InChI=1S/C32H36Cl2N2O2.ClH/c33-28-14-13-27(23-29(28)34)31(16-8-20-36(24-31)30(37)25-9-3-1-4-10-25)15-7-19-35-21-17-32(38,18-22-35)26-11-5-2-6-12-26;/h1-6,9-14,23,38H,7-8,15-22,24H2;1H. The maximum absolute atomic E-state index is 13.4. The van der Waals surface area contributed by atoms with Crippen molar-refractivity contribution < 1.29 is 9.90 Å². The summed E-state index contributed by atoms with van der Waals surface area (Å²) < 4.78 is 0. The van der Waals surface area contributed by atoms with E-state index in [1.165, 1.54) is 0 Å². The maximum atomic E-state index is 13.4. The summed E-state index contributed by atoms with van der Waals surface area (Å²) in [6, 6.07) is 25.6. The van der Waals surface area contributed by atoms with Crippen molar-refractivity contribution in [2.75, 3.05) is 32.7 Å². The monoisotopic (exact) mass is 586 g/mol. The number of hydrogen-bond donors (Lipinski definition) is 1. The lowest BCUT2D eigenvalue weighted by Gasteiger charge is -2.44. The molecule has 1 atom stereocenters. The third-order valence-electron chi connectivity index (χ3n) is 8.54. The molecule has 3 aromatic rings. The minimum atomic E-state index is -0.735. The fourth-order valence-corrected chi connectivity index (χ4v) is 6.60. The van der Waals surface area contributed by atoms with E-state index < -0.39 is 5.60 Å². The fraction of sp³-hybridized carbons (Fsp3) is 0.406. The predicted octanol–water partition coefficient (Wildman–Crippen LogP) is 7.35. The molecule has 5 rings (SSSR count). The van der Waals surface area contributed by atoms with Crippen molar-refractivity contribution in [2.24, 2.45) is 0 Å². The molecule has 2 aliphatic rings. The van der Waals surface area contributed by atoms with Gasteiger partial charge in [-0.1, -0.05) is 77.8 Å². The first kappa shape index (κ1) is 29.9. The zero-order chi connectivity index (χ0) is 26.6.